The fourth-order valence-corrected chi connectivity index (χ4v) is 4.62. The van der Waals surface area contributed by atoms with E-state index in [9.17, 15) is 23.1 Å². The molecule has 4 aromatic rings. The van der Waals surface area contributed by atoms with Gasteiger partial charge in [0.2, 0.25) is 0 Å². The zero-order chi connectivity index (χ0) is 24.1. The lowest BCUT2D eigenvalue weighted by molar-refractivity contribution is 0.0981. The van der Waals surface area contributed by atoms with Crippen LogP contribution in [-0.2, 0) is 10.0 Å². The molecule has 0 aromatic heterocycles. The third-order valence-electron chi connectivity index (χ3n) is 4.76. The number of carbonyl (C=O) groups is 2. The third-order valence-corrected chi connectivity index (χ3v) is 6.89. The summed E-state index contributed by atoms with van der Waals surface area (Å²) in [6, 6.07) is 23.9. The van der Waals surface area contributed by atoms with Crippen LogP contribution in [0.15, 0.2) is 101 Å². The molecule has 8 nitrogen and oxygen atoms in total. The molecule has 3 amide bonds. The van der Waals surface area contributed by atoms with E-state index in [0.717, 1.165) is 15.7 Å². The second-order valence-electron chi connectivity index (χ2n) is 7.17. The van der Waals surface area contributed by atoms with E-state index < -0.39 is 22.0 Å². The number of hydrogen-bond acceptors (Lipinski definition) is 6. The first kappa shape index (κ1) is 23.1. The van der Waals surface area contributed by atoms with Crippen LogP contribution in [0.2, 0.25) is 0 Å². The molecule has 0 heterocycles. The van der Waals surface area contributed by atoms with Crippen LogP contribution < -0.4 is 14.8 Å². The zero-order valence-corrected chi connectivity index (χ0v) is 19.2. The minimum atomic E-state index is -4.09. The Morgan fingerprint density at radius 1 is 0.794 bits per heavy atom. The Hall–Kier alpha value is -4.02. The fourth-order valence-electron chi connectivity index (χ4n) is 3.06. The molecule has 0 aliphatic rings. The molecule has 0 atom stereocenters. The smallest absolute Gasteiger partial charge is 0.329 e. The molecule has 10 heteroatoms. The van der Waals surface area contributed by atoms with Gasteiger partial charge in [-0.1, -0.05) is 30.3 Å². The number of urea groups is 1. The van der Waals surface area contributed by atoms with Gasteiger partial charge in [0.05, 0.1) is 4.90 Å². The maximum atomic E-state index is 12.3. The number of amides is 3. The summed E-state index contributed by atoms with van der Waals surface area (Å²) in [7, 11) is -4.09. The van der Waals surface area contributed by atoms with Crippen molar-refractivity contribution in [1.29, 1.82) is 0 Å². The largest absolute Gasteiger partial charge is 0.508 e. The van der Waals surface area contributed by atoms with Crippen molar-refractivity contribution in [2.75, 3.05) is 5.32 Å². The Kier molecular flexibility index (Phi) is 6.71. The number of nitrogens with one attached hydrogen (secondary N) is 3. The topological polar surface area (TPSA) is 125 Å². The maximum Gasteiger partial charge on any atom is 0.329 e. The second kappa shape index (κ2) is 9.86. The molecule has 0 radical (unpaired) electrons. The summed E-state index contributed by atoms with van der Waals surface area (Å²) >= 11 is 1.17. The number of benzene rings is 4. The van der Waals surface area contributed by atoms with Crippen LogP contribution in [0.3, 0.4) is 0 Å². The number of sulfonamides is 1. The van der Waals surface area contributed by atoms with Gasteiger partial charge in [0, 0.05) is 16.1 Å². The Bertz CT molecular complexity index is 1450. The number of aromatic hydroxyl groups is 1. The number of fused-ring (bicyclic) bond motifs is 1. The lowest BCUT2D eigenvalue weighted by Gasteiger charge is -2.09. The number of phenolic OH excluding ortho intramolecular Hbond substituents is 1. The van der Waals surface area contributed by atoms with Crippen LogP contribution in [0.1, 0.15) is 10.4 Å². The monoisotopic (exact) mass is 493 g/mol. The minimum absolute atomic E-state index is 0.0898. The number of phenols is 1. The van der Waals surface area contributed by atoms with Gasteiger partial charge in [-0.2, -0.15) is 0 Å². The first-order chi connectivity index (χ1) is 16.3. The van der Waals surface area contributed by atoms with Gasteiger partial charge in [0.1, 0.15) is 5.75 Å². The summed E-state index contributed by atoms with van der Waals surface area (Å²) in [6.45, 7) is 0. The lowest BCUT2D eigenvalue weighted by Crippen LogP contribution is -2.30. The van der Waals surface area contributed by atoms with Crippen LogP contribution in [0, 0.1) is 0 Å². The molecule has 0 aliphatic carbocycles. The zero-order valence-electron chi connectivity index (χ0n) is 17.6. The molecular formula is C24H19N3O5S2. The van der Waals surface area contributed by atoms with E-state index in [-0.39, 0.29) is 16.2 Å². The average Bonchev–Trinajstić information content (AvgIpc) is 2.83. The molecule has 172 valence electrons. The average molecular weight is 494 g/mol. The maximum absolute atomic E-state index is 12.3. The van der Waals surface area contributed by atoms with Gasteiger partial charge in [-0.05, 0) is 83.4 Å². The second-order valence-corrected chi connectivity index (χ2v) is 9.74. The van der Waals surface area contributed by atoms with E-state index in [1.807, 2.05) is 47.2 Å². The molecule has 0 saturated heterocycles. The van der Waals surface area contributed by atoms with Gasteiger partial charge < -0.3 is 10.4 Å². The van der Waals surface area contributed by atoms with Crippen LogP contribution in [0.25, 0.3) is 10.8 Å². The molecule has 34 heavy (non-hydrogen) atoms. The minimum Gasteiger partial charge on any atom is -0.508 e. The van der Waals surface area contributed by atoms with Crippen LogP contribution in [0.5, 0.6) is 5.75 Å². The molecule has 0 bridgehead atoms. The summed E-state index contributed by atoms with van der Waals surface area (Å²) in [6.07, 6.45) is 0. The Morgan fingerprint density at radius 2 is 1.47 bits per heavy atom. The number of anilines is 1. The van der Waals surface area contributed by atoms with Gasteiger partial charge in [0.25, 0.3) is 15.9 Å². The van der Waals surface area contributed by atoms with E-state index in [4.69, 9.17) is 0 Å². The van der Waals surface area contributed by atoms with E-state index in [1.165, 1.54) is 60.5 Å². The van der Waals surface area contributed by atoms with E-state index in [0.29, 0.717) is 5.69 Å². The van der Waals surface area contributed by atoms with E-state index in [1.54, 1.807) is 0 Å². The van der Waals surface area contributed by atoms with Crippen molar-refractivity contribution >= 4 is 50.4 Å². The van der Waals surface area contributed by atoms with Gasteiger partial charge in [-0.25, -0.2) is 17.9 Å². The summed E-state index contributed by atoms with van der Waals surface area (Å²) in [5.74, 6) is -0.913. The van der Waals surface area contributed by atoms with Crippen LogP contribution >= 0.6 is 11.9 Å². The van der Waals surface area contributed by atoms with Crippen molar-refractivity contribution in [2.45, 2.75) is 9.79 Å². The molecule has 0 unspecified atom stereocenters. The third kappa shape index (κ3) is 5.66. The van der Waals surface area contributed by atoms with Crippen molar-refractivity contribution in [3.8, 4) is 5.75 Å². The van der Waals surface area contributed by atoms with Crippen molar-refractivity contribution in [1.82, 2.24) is 9.44 Å². The van der Waals surface area contributed by atoms with Crippen molar-refractivity contribution in [2.24, 2.45) is 0 Å². The predicted octanol–water partition coefficient (Wildman–Crippen LogP) is 4.49. The van der Waals surface area contributed by atoms with E-state index in [2.05, 4.69) is 10.0 Å². The molecule has 0 aliphatic heterocycles. The fraction of sp³-hybridized carbons (Fsp3) is 0. The number of hydrogen-bond donors (Lipinski definition) is 4. The van der Waals surface area contributed by atoms with Crippen molar-refractivity contribution in [3.63, 3.8) is 0 Å². The highest BCUT2D eigenvalue weighted by Gasteiger charge is 2.18. The van der Waals surface area contributed by atoms with Gasteiger partial charge in [-0.3, -0.25) is 9.52 Å². The van der Waals surface area contributed by atoms with Crippen molar-refractivity contribution in [3.05, 3.63) is 96.6 Å². The normalized spacial score (nSPS) is 11.1. The molecule has 4 aromatic carbocycles. The van der Waals surface area contributed by atoms with Crippen LogP contribution in [-0.4, -0.2) is 25.5 Å². The number of carbonyl (C=O) groups excluding carboxylic acids is 2. The van der Waals surface area contributed by atoms with Gasteiger partial charge in [0.15, 0.2) is 0 Å². The molecule has 0 fully saturated rings. The highest BCUT2D eigenvalue weighted by molar-refractivity contribution is 7.98. The SMILES string of the molecule is O=C(NSc1ccc2ccccc2c1)Nc1ccc(C(=O)NS(=O)(=O)c2ccc(O)cc2)cc1. The molecule has 0 spiro atoms. The Balaban J connectivity index is 1.33. The predicted molar refractivity (Wildman–Crippen MR) is 131 cm³/mol. The lowest BCUT2D eigenvalue weighted by atomic mass is 10.1. The van der Waals surface area contributed by atoms with Crippen LogP contribution in [0.4, 0.5) is 10.5 Å². The Labute approximate surface area is 200 Å². The van der Waals surface area contributed by atoms with Gasteiger partial charge in [-0.15, -0.1) is 0 Å². The molecule has 0 saturated carbocycles. The first-order valence-corrected chi connectivity index (χ1v) is 12.3. The summed E-state index contributed by atoms with van der Waals surface area (Å²) < 4.78 is 29.3. The molecular weight excluding hydrogens is 474 g/mol. The van der Waals surface area contributed by atoms with Crippen molar-refractivity contribution < 1.29 is 23.1 Å². The summed E-state index contributed by atoms with van der Waals surface area (Å²) in [4.78, 5) is 25.3. The quantitative estimate of drug-likeness (QED) is 0.293. The summed E-state index contributed by atoms with van der Waals surface area (Å²) in [5, 5.41) is 14.1. The highest BCUT2D eigenvalue weighted by Crippen LogP contribution is 2.22. The first-order valence-electron chi connectivity index (χ1n) is 9.99. The Morgan fingerprint density at radius 3 is 2.18 bits per heavy atom. The van der Waals surface area contributed by atoms with E-state index >= 15 is 0 Å². The van der Waals surface area contributed by atoms with Gasteiger partial charge >= 0.3 is 6.03 Å². The molecule has 4 N–H and O–H groups in total. The standard InChI is InChI=1S/C24H19N3O5S2/c28-20-10-13-22(14-11-20)34(31,32)27-23(29)17-5-8-19(9-6-17)25-24(30)26-33-21-12-7-16-3-1-2-4-18(16)15-21/h1-15,28H,(H,27,29)(H2,25,26,30). The summed E-state index contributed by atoms with van der Waals surface area (Å²) in [5.41, 5.74) is 0.522. The number of rotatable bonds is 6. The molecule has 4 rings (SSSR count). The highest BCUT2D eigenvalue weighted by atomic mass is 32.2.